The Morgan fingerprint density at radius 3 is 2.53 bits per heavy atom. The van der Waals surface area contributed by atoms with Crippen LogP contribution in [0.5, 0.6) is 0 Å². The van der Waals surface area contributed by atoms with Crippen LogP contribution in [0, 0.1) is 0 Å². The Morgan fingerprint density at radius 1 is 0.967 bits per heavy atom. The molecule has 1 aromatic heterocycles. The van der Waals surface area contributed by atoms with E-state index < -0.39 is 0 Å². The number of hydrogen-bond donors (Lipinski definition) is 3. The molecule has 0 aliphatic heterocycles. The summed E-state index contributed by atoms with van der Waals surface area (Å²) in [5.41, 5.74) is 9.64. The van der Waals surface area contributed by atoms with Crippen molar-refractivity contribution in [2.45, 2.75) is 13.0 Å². The van der Waals surface area contributed by atoms with Gasteiger partial charge in [0.15, 0.2) is 0 Å². The topological polar surface area (TPSA) is 67.1 Å². The van der Waals surface area contributed by atoms with E-state index in [1.807, 2.05) is 18.2 Å². The van der Waals surface area contributed by atoms with E-state index in [-0.39, 0.29) is 5.91 Å². The van der Waals surface area contributed by atoms with E-state index in [1.165, 1.54) is 22.5 Å². The number of nitrogens with two attached hydrogens (primary N) is 1. The number of hydrogen-bond acceptors (Lipinski definition) is 4. The number of para-hydroxylation sites is 2. The van der Waals surface area contributed by atoms with Crippen molar-refractivity contribution in [1.82, 2.24) is 5.32 Å². The smallest absolute Gasteiger partial charge is 0.265 e. The summed E-state index contributed by atoms with van der Waals surface area (Å²) in [6, 6.07) is 24.0. The molecular formula is C24H22BrN3OS. The first kappa shape index (κ1) is 20.6. The van der Waals surface area contributed by atoms with Crippen molar-refractivity contribution in [3.63, 3.8) is 0 Å². The summed E-state index contributed by atoms with van der Waals surface area (Å²) in [6.45, 7) is 1.75. The first-order chi connectivity index (χ1) is 14.6. The summed E-state index contributed by atoms with van der Waals surface area (Å²) in [7, 11) is 0. The summed E-state index contributed by atoms with van der Waals surface area (Å²) in [5, 5.41) is 7.46. The van der Waals surface area contributed by atoms with Crippen LogP contribution in [-0.4, -0.2) is 12.5 Å². The average Bonchev–Trinajstić information content (AvgIpc) is 3.18. The average molecular weight is 480 g/mol. The number of carbonyl (C=O) groups is 1. The number of benzene rings is 3. The lowest BCUT2D eigenvalue weighted by Gasteiger charge is -2.06. The zero-order valence-electron chi connectivity index (χ0n) is 16.3. The highest BCUT2D eigenvalue weighted by Gasteiger charge is 2.12. The number of carbonyl (C=O) groups excluding carboxylic acids is 1. The van der Waals surface area contributed by atoms with E-state index in [9.17, 15) is 4.79 Å². The summed E-state index contributed by atoms with van der Waals surface area (Å²) in [5.74, 6) is -0.133. The molecule has 1 heterocycles. The third kappa shape index (κ3) is 5.08. The van der Waals surface area contributed by atoms with Crippen molar-refractivity contribution < 1.29 is 4.79 Å². The second kappa shape index (κ2) is 9.43. The van der Waals surface area contributed by atoms with Gasteiger partial charge in [-0.2, -0.15) is 0 Å². The summed E-state index contributed by atoms with van der Waals surface area (Å²) in [4.78, 5) is 13.3. The number of anilines is 2. The van der Waals surface area contributed by atoms with Crippen LogP contribution in [-0.2, 0) is 13.0 Å². The summed E-state index contributed by atoms with van der Waals surface area (Å²) >= 11 is 4.96. The van der Waals surface area contributed by atoms with Gasteiger partial charge in [0.25, 0.3) is 5.91 Å². The third-order valence-electron chi connectivity index (χ3n) is 4.85. The van der Waals surface area contributed by atoms with Crippen molar-refractivity contribution in [2.24, 2.45) is 0 Å². The first-order valence-corrected chi connectivity index (χ1v) is 11.3. The molecule has 3 aromatic carbocycles. The summed E-state index contributed by atoms with van der Waals surface area (Å²) in [6.07, 6.45) is 0.937. The molecule has 1 amide bonds. The fourth-order valence-corrected chi connectivity index (χ4v) is 4.49. The normalized spacial score (nSPS) is 11.0. The van der Waals surface area contributed by atoms with Gasteiger partial charge in [-0.05, 0) is 65.9 Å². The van der Waals surface area contributed by atoms with Crippen LogP contribution in [0.25, 0.3) is 10.1 Å². The minimum Gasteiger partial charge on any atom is -0.397 e. The van der Waals surface area contributed by atoms with Crippen LogP contribution in [0.15, 0.2) is 77.3 Å². The van der Waals surface area contributed by atoms with E-state index in [1.54, 1.807) is 12.1 Å². The molecule has 152 valence electrons. The van der Waals surface area contributed by atoms with Gasteiger partial charge in [0.2, 0.25) is 0 Å². The second-order valence-corrected chi connectivity index (χ2v) is 9.08. The van der Waals surface area contributed by atoms with Gasteiger partial charge in [0, 0.05) is 15.7 Å². The van der Waals surface area contributed by atoms with E-state index in [0.717, 1.165) is 34.1 Å². The lowest BCUT2D eigenvalue weighted by molar-refractivity contribution is 0.103. The van der Waals surface area contributed by atoms with Crippen molar-refractivity contribution in [3.05, 3.63) is 93.3 Å². The highest BCUT2D eigenvalue weighted by Crippen LogP contribution is 2.28. The zero-order chi connectivity index (χ0) is 20.9. The Labute approximate surface area is 188 Å². The van der Waals surface area contributed by atoms with Crippen molar-refractivity contribution in [1.29, 1.82) is 0 Å². The van der Waals surface area contributed by atoms with Gasteiger partial charge in [-0.3, -0.25) is 4.79 Å². The lowest BCUT2D eigenvalue weighted by atomic mass is 10.1. The van der Waals surface area contributed by atoms with Crippen LogP contribution in [0.4, 0.5) is 11.4 Å². The molecule has 0 saturated heterocycles. The molecule has 0 fully saturated rings. The Kier molecular flexibility index (Phi) is 6.47. The molecule has 0 saturated carbocycles. The first-order valence-electron chi connectivity index (χ1n) is 9.72. The lowest BCUT2D eigenvalue weighted by Crippen LogP contribution is -2.16. The fraction of sp³-hybridized carbons (Fsp3) is 0.125. The Hall–Kier alpha value is -2.67. The SMILES string of the molecule is Nc1ccccc1NC(=O)c1cc2ccc(CCNCc3ccc(Br)cc3)cc2s1. The van der Waals surface area contributed by atoms with Gasteiger partial charge < -0.3 is 16.4 Å². The van der Waals surface area contributed by atoms with E-state index in [0.29, 0.717) is 16.3 Å². The molecule has 4 nitrogen and oxygen atoms in total. The van der Waals surface area contributed by atoms with E-state index in [4.69, 9.17) is 5.73 Å². The van der Waals surface area contributed by atoms with Crippen LogP contribution in [0.2, 0.25) is 0 Å². The molecular weight excluding hydrogens is 458 g/mol. The van der Waals surface area contributed by atoms with Crippen LogP contribution >= 0.6 is 27.3 Å². The predicted octanol–water partition coefficient (Wildman–Crippen LogP) is 5.83. The molecule has 0 aliphatic rings. The van der Waals surface area contributed by atoms with E-state index in [2.05, 4.69) is 69.0 Å². The molecule has 6 heteroatoms. The minimum absolute atomic E-state index is 0.133. The summed E-state index contributed by atoms with van der Waals surface area (Å²) < 4.78 is 2.21. The predicted molar refractivity (Wildman–Crippen MR) is 130 cm³/mol. The number of fused-ring (bicyclic) bond motifs is 1. The quantitative estimate of drug-likeness (QED) is 0.230. The number of rotatable bonds is 7. The third-order valence-corrected chi connectivity index (χ3v) is 6.48. The highest BCUT2D eigenvalue weighted by molar-refractivity contribution is 9.10. The highest BCUT2D eigenvalue weighted by atomic mass is 79.9. The molecule has 4 rings (SSSR count). The maximum Gasteiger partial charge on any atom is 0.265 e. The Bertz CT molecular complexity index is 1170. The maximum absolute atomic E-state index is 12.6. The van der Waals surface area contributed by atoms with Crippen LogP contribution in [0.3, 0.4) is 0 Å². The standard InChI is InChI=1S/C24H22BrN3OS/c25-19-9-6-17(7-10-19)15-27-12-11-16-5-8-18-14-23(30-22(18)13-16)24(29)28-21-4-2-1-3-20(21)26/h1-10,13-14,27H,11-12,15,26H2,(H,28,29). The largest absolute Gasteiger partial charge is 0.397 e. The van der Waals surface area contributed by atoms with E-state index >= 15 is 0 Å². The molecule has 0 radical (unpaired) electrons. The Morgan fingerprint density at radius 2 is 1.73 bits per heavy atom. The molecule has 30 heavy (non-hydrogen) atoms. The number of nitrogen functional groups attached to an aromatic ring is 1. The molecule has 4 N–H and O–H groups in total. The maximum atomic E-state index is 12.6. The van der Waals surface area contributed by atoms with Gasteiger partial charge in [-0.1, -0.05) is 52.3 Å². The van der Waals surface area contributed by atoms with Crippen LogP contribution in [0.1, 0.15) is 20.8 Å². The van der Waals surface area contributed by atoms with Crippen molar-refractivity contribution in [3.8, 4) is 0 Å². The van der Waals surface area contributed by atoms with Gasteiger partial charge in [0.1, 0.15) is 0 Å². The van der Waals surface area contributed by atoms with Gasteiger partial charge >= 0.3 is 0 Å². The molecule has 0 unspecified atom stereocenters. The molecule has 4 aromatic rings. The van der Waals surface area contributed by atoms with Crippen molar-refractivity contribution in [2.75, 3.05) is 17.6 Å². The molecule has 0 aliphatic carbocycles. The van der Waals surface area contributed by atoms with Crippen molar-refractivity contribution >= 4 is 54.6 Å². The van der Waals surface area contributed by atoms with Gasteiger partial charge in [0.05, 0.1) is 16.3 Å². The number of amides is 1. The second-order valence-electron chi connectivity index (χ2n) is 7.08. The monoisotopic (exact) mass is 479 g/mol. The molecule has 0 atom stereocenters. The minimum atomic E-state index is -0.133. The van der Waals surface area contributed by atoms with Gasteiger partial charge in [-0.25, -0.2) is 0 Å². The number of thiophene rings is 1. The molecule has 0 spiro atoms. The number of halogens is 1. The van der Waals surface area contributed by atoms with Crippen LogP contribution < -0.4 is 16.4 Å². The fourth-order valence-electron chi connectivity index (χ4n) is 3.21. The molecule has 0 bridgehead atoms. The Balaban J connectivity index is 1.36. The zero-order valence-corrected chi connectivity index (χ0v) is 18.7. The van der Waals surface area contributed by atoms with Gasteiger partial charge in [-0.15, -0.1) is 11.3 Å². The number of nitrogens with one attached hydrogen (secondary N) is 2.